The number of benzene rings is 1. The van der Waals surface area contributed by atoms with E-state index in [0.717, 1.165) is 5.56 Å². The number of pyridine rings is 1. The predicted molar refractivity (Wildman–Crippen MR) is 115 cm³/mol. The highest BCUT2D eigenvalue weighted by Gasteiger charge is 2.42. The second kappa shape index (κ2) is 8.45. The van der Waals surface area contributed by atoms with Crippen LogP contribution in [0.15, 0.2) is 35.3 Å². The molecule has 0 spiro atoms. The Labute approximate surface area is 180 Å². The fourth-order valence-corrected chi connectivity index (χ4v) is 4.46. The van der Waals surface area contributed by atoms with E-state index in [2.05, 4.69) is 5.32 Å². The number of hydrogen-bond donors (Lipinski definition) is 1. The number of likely N-dealkylation sites (tertiary alicyclic amines) is 1. The Balaban J connectivity index is 1.51. The Morgan fingerprint density at radius 3 is 2.61 bits per heavy atom. The average Bonchev–Trinajstić information content (AvgIpc) is 3.30. The number of rotatable bonds is 6. The van der Waals surface area contributed by atoms with Crippen molar-refractivity contribution in [2.45, 2.75) is 32.4 Å². The molecule has 1 aromatic heterocycles. The summed E-state index contributed by atoms with van der Waals surface area (Å²) in [6.45, 7) is 3.18. The quantitative estimate of drug-likeness (QED) is 0.755. The zero-order chi connectivity index (χ0) is 22.1. The standard InChI is InChI=1S/C23H27N3O5/c1-14-6-8-25(9-7-15-4-5-18(30-2)19(10-15)31-3)22(28)21(14)23(29)26-12-16-11-20(27)24-17(16)13-26/h4-6,8,10,16-17H,7,9,11-13H2,1-3H3,(H,24,27)/t16-,17+/m0/s1. The van der Waals surface area contributed by atoms with Gasteiger partial charge in [0.15, 0.2) is 11.5 Å². The lowest BCUT2D eigenvalue weighted by Gasteiger charge is -2.19. The molecule has 0 saturated carbocycles. The topological polar surface area (TPSA) is 89.9 Å². The number of aryl methyl sites for hydroxylation is 3. The van der Waals surface area contributed by atoms with E-state index >= 15 is 0 Å². The smallest absolute Gasteiger partial charge is 0.263 e. The Bertz CT molecular complexity index is 1060. The number of methoxy groups -OCH3 is 2. The van der Waals surface area contributed by atoms with Gasteiger partial charge in [-0.25, -0.2) is 0 Å². The summed E-state index contributed by atoms with van der Waals surface area (Å²) in [5.41, 5.74) is 1.59. The van der Waals surface area contributed by atoms with Crippen LogP contribution in [0.2, 0.25) is 0 Å². The molecule has 1 N–H and O–H groups in total. The van der Waals surface area contributed by atoms with Crippen molar-refractivity contribution in [2.24, 2.45) is 5.92 Å². The van der Waals surface area contributed by atoms with E-state index in [0.29, 0.717) is 49.5 Å². The van der Waals surface area contributed by atoms with Crippen molar-refractivity contribution in [1.29, 1.82) is 0 Å². The molecule has 2 fully saturated rings. The van der Waals surface area contributed by atoms with Gasteiger partial charge < -0.3 is 24.3 Å². The van der Waals surface area contributed by atoms with Gasteiger partial charge in [0.2, 0.25) is 5.91 Å². The van der Waals surface area contributed by atoms with Gasteiger partial charge >= 0.3 is 0 Å². The number of ether oxygens (including phenoxy) is 2. The Hall–Kier alpha value is -3.29. The molecule has 2 aliphatic rings. The van der Waals surface area contributed by atoms with Gasteiger partial charge in [0.1, 0.15) is 5.56 Å². The van der Waals surface area contributed by atoms with E-state index in [1.165, 1.54) is 0 Å². The monoisotopic (exact) mass is 425 g/mol. The van der Waals surface area contributed by atoms with E-state index in [1.807, 2.05) is 24.3 Å². The van der Waals surface area contributed by atoms with E-state index in [-0.39, 0.29) is 34.9 Å². The van der Waals surface area contributed by atoms with Crippen LogP contribution >= 0.6 is 0 Å². The third-order valence-corrected chi connectivity index (χ3v) is 6.20. The molecule has 0 bridgehead atoms. The Morgan fingerprint density at radius 1 is 1.13 bits per heavy atom. The molecule has 0 aliphatic carbocycles. The first-order valence-electron chi connectivity index (χ1n) is 10.4. The molecule has 2 atom stereocenters. The lowest BCUT2D eigenvalue weighted by Crippen LogP contribution is -2.39. The maximum atomic E-state index is 13.2. The summed E-state index contributed by atoms with van der Waals surface area (Å²) in [5, 5.41) is 2.91. The van der Waals surface area contributed by atoms with Crippen molar-refractivity contribution in [1.82, 2.24) is 14.8 Å². The number of amides is 2. The molecular formula is C23H27N3O5. The van der Waals surface area contributed by atoms with Crippen LogP contribution in [0.5, 0.6) is 11.5 Å². The van der Waals surface area contributed by atoms with Crippen LogP contribution in [-0.2, 0) is 17.8 Å². The second-order valence-electron chi connectivity index (χ2n) is 8.16. The highest BCUT2D eigenvalue weighted by molar-refractivity contribution is 5.95. The molecule has 2 saturated heterocycles. The van der Waals surface area contributed by atoms with Crippen LogP contribution in [0.1, 0.15) is 27.9 Å². The molecule has 31 heavy (non-hydrogen) atoms. The maximum absolute atomic E-state index is 13.2. The first kappa shape index (κ1) is 21.0. The summed E-state index contributed by atoms with van der Waals surface area (Å²) >= 11 is 0. The molecule has 4 rings (SSSR count). The van der Waals surface area contributed by atoms with Crippen LogP contribution in [0, 0.1) is 12.8 Å². The van der Waals surface area contributed by atoms with Gasteiger partial charge in [0.25, 0.3) is 11.5 Å². The number of fused-ring (bicyclic) bond motifs is 1. The number of aromatic nitrogens is 1. The van der Waals surface area contributed by atoms with Gasteiger partial charge in [0.05, 0.1) is 20.3 Å². The SMILES string of the molecule is COc1ccc(CCn2ccc(C)c(C(=O)N3C[C@@H]4CC(=O)N[C@@H]4C3)c2=O)cc1OC. The lowest BCUT2D eigenvalue weighted by molar-refractivity contribution is -0.119. The number of carbonyl (C=O) groups is 2. The minimum atomic E-state index is -0.286. The third kappa shape index (κ3) is 4.02. The number of hydrogen-bond acceptors (Lipinski definition) is 5. The van der Waals surface area contributed by atoms with Crippen molar-refractivity contribution in [3.8, 4) is 11.5 Å². The molecule has 0 radical (unpaired) electrons. The fourth-order valence-electron chi connectivity index (χ4n) is 4.46. The van der Waals surface area contributed by atoms with E-state index in [1.54, 1.807) is 36.8 Å². The minimum absolute atomic E-state index is 0.00672. The second-order valence-corrected chi connectivity index (χ2v) is 8.16. The summed E-state index contributed by atoms with van der Waals surface area (Å²) in [4.78, 5) is 39.5. The lowest BCUT2D eigenvalue weighted by atomic mass is 10.1. The molecule has 8 nitrogen and oxygen atoms in total. The first-order valence-corrected chi connectivity index (χ1v) is 10.4. The summed E-state index contributed by atoms with van der Waals surface area (Å²) in [6.07, 6.45) is 2.78. The van der Waals surface area contributed by atoms with Gasteiger partial charge in [-0.1, -0.05) is 6.07 Å². The van der Waals surface area contributed by atoms with E-state index in [9.17, 15) is 14.4 Å². The summed E-state index contributed by atoms with van der Waals surface area (Å²) in [5.74, 6) is 1.20. The summed E-state index contributed by atoms with van der Waals surface area (Å²) in [6, 6.07) is 7.46. The maximum Gasteiger partial charge on any atom is 0.263 e. The number of nitrogens with zero attached hydrogens (tertiary/aromatic N) is 2. The first-order chi connectivity index (χ1) is 14.9. The third-order valence-electron chi connectivity index (χ3n) is 6.20. The molecule has 2 amide bonds. The highest BCUT2D eigenvalue weighted by atomic mass is 16.5. The number of carbonyl (C=O) groups excluding carboxylic acids is 2. The molecule has 2 aliphatic heterocycles. The average molecular weight is 425 g/mol. The minimum Gasteiger partial charge on any atom is -0.493 e. The Kier molecular flexibility index (Phi) is 5.71. The zero-order valence-electron chi connectivity index (χ0n) is 18.0. The van der Waals surface area contributed by atoms with Crippen molar-refractivity contribution in [3.05, 3.63) is 57.5 Å². The number of nitrogens with one attached hydrogen (secondary N) is 1. The summed E-state index contributed by atoms with van der Waals surface area (Å²) < 4.78 is 12.2. The van der Waals surface area contributed by atoms with Gasteiger partial charge in [0, 0.05) is 38.2 Å². The van der Waals surface area contributed by atoms with Crippen LogP contribution in [0.4, 0.5) is 0 Å². The Morgan fingerprint density at radius 2 is 1.90 bits per heavy atom. The molecule has 1 aromatic carbocycles. The van der Waals surface area contributed by atoms with Gasteiger partial charge in [-0.2, -0.15) is 0 Å². The van der Waals surface area contributed by atoms with Crippen molar-refractivity contribution >= 4 is 11.8 Å². The molecular weight excluding hydrogens is 398 g/mol. The molecule has 2 aromatic rings. The summed E-state index contributed by atoms with van der Waals surface area (Å²) in [7, 11) is 3.17. The molecule has 0 unspecified atom stereocenters. The van der Waals surface area contributed by atoms with Crippen LogP contribution in [0.3, 0.4) is 0 Å². The fraction of sp³-hybridized carbons (Fsp3) is 0.435. The molecule has 164 valence electrons. The van der Waals surface area contributed by atoms with Crippen LogP contribution in [0.25, 0.3) is 0 Å². The van der Waals surface area contributed by atoms with E-state index < -0.39 is 0 Å². The molecule has 3 heterocycles. The van der Waals surface area contributed by atoms with Gasteiger partial charge in [-0.3, -0.25) is 14.4 Å². The highest BCUT2D eigenvalue weighted by Crippen LogP contribution is 2.28. The van der Waals surface area contributed by atoms with Crippen molar-refractivity contribution in [2.75, 3.05) is 27.3 Å². The van der Waals surface area contributed by atoms with Crippen molar-refractivity contribution < 1.29 is 19.1 Å². The normalized spacial score (nSPS) is 19.8. The molecule has 8 heteroatoms. The predicted octanol–water partition coefficient (Wildman–Crippen LogP) is 1.38. The zero-order valence-corrected chi connectivity index (χ0v) is 18.0. The van der Waals surface area contributed by atoms with Crippen LogP contribution in [-0.4, -0.2) is 54.6 Å². The van der Waals surface area contributed by atoms with Crippen molar-refractivity contribution in [3.63, 3.8) is 0 Å². The van der Waals surface area contributed by atoms with Gasteiger partial charge in [-0.15, -0.1) is 0 Å². The van der Waals surface area contributed by atoms with Crippen LogP contribution < -0.4 is 20.3 Å². The van der Waals surface area contributed by atoms with E-state index in [4.69, 9.17) is 9.47 Å². The largest absolute Gasteiger partial charge is 0.493 e. The van der Waals surface area contributed by atoms with Gasteiger partial charge in [-0.05, 0) is 42.7 Å².